The zero-order valence-corrected chi connectivity index (χ0v) is 14.2. The summed E-state index contributed by atoms with van der Waals surface area (Å²) in [6, 6.07) is 3.21. The molecule has 2 fully saturated rings. The van der Waals surface area contributed by atoms with Gasteiger partial charge in [-0.1, -0.05) is 19.4 Å². The minimum absolute atomic E-state index is 0.261. The van der Waals surface area contributed by atoms with Crippen LogP contribution < -0.4 is 0 Å². The predicted molar refractivity (Wildman–Crippen MR) is 91.5 cm³/mol. The molecule has 2 aliphatic carbocycles. The fourth-order valence-electron chi connectivity index (χ4n) is 4.79. The number of hydrogen-bond acceptors (Lipinski definition) is 0. The maximum absolute atomic E-state index is 14.2. The molecule has 1 aromatic rings. The Hall–Kier alpha value is -1.18. The monoisotopic (exact) mass is 318 g/mol. The van der Waals surface area contributed by atoms with E-state index in [0.717, 1.165) is 36.7 Å². The second kappa shape index (κ2) is 7.15. The fourth-order valence-corrected chi connectivity index (χ4v) is 4.79. The molecule has 23 heavy (non-hydrogen) atoms. The summed E-state index contributed by atoms with van der Waals surface area (Å²) in [5, 5.41) is 0. The van der Waals surface area contributed by atoms with E-state index in [9.17, 15) is 8.78 Å². The molecule has 126 valence electrons. The van der Waals surface area contributed by atoms with Crippen LogP contribution in [0, 0.1) is 29.4 Å². The number of benzene rings is 1. The number of halogens is 2. The van der Waals surface area contributed by atoms with Crippen molar-refractivity contribution in [1.29, 1.82) is 0 Å². The molecule has 0 spiro atoms. The highest BCUT2D eigenvalue weighted by Gasteiger charge is 2.35. The number of hydrogen-bond donors (Lipinski definition) is 0. The SMILES string of the molecule is C=C[C@@H]1CC[C@@H]2CC(c3cc(F)c(CCC)c(F)c3)CC[C@@H]2C1. The first-order valence-corrected chi connectivity index (χ1v) is 9.22. The maximum Gasteiger partial charge on any atom is 0.129 e. The van der Waals surface area contributed by atoms with E-state index in [4.69, 9.17) is 0 Å². The van der Waals surface area contributed by atoms with Gasteiger partial charge in [-0.05, 0) is 86.3 Å². The molecule has 2 aliphatic rings. The lowest BCUT2D eigenvalue weighted by Gasteiger charge is -2.41. The largest absolute Gasteiger partial charge is 0.207 e. The molecule has 1 aromatic carbocycles. The Morgan fingerprint density at radius 2 is 1.70 bits per heavy atom. The van der Waals surface area contributed by atoms with Gasteiger partial charge in [0.05, 0.1) is 0 Å². The summed E-state index contributed by atoms with van der Waals surface area (Å²) >= 11 is 0. The smallest absolute Gasteiger partial charge is 0.129 e. The van der Waals surface area contributed by atoms with Crippen LogP contribution in [0.5, 0.6) is 0 Å². The average molecular weight is 318 g/mol. The maximum atomic E-state index is 14.2. The van der Waals surface area contributed by atoms with Gasteiger partial charge in [0.25, 0.3) is 0 Å². The second-order valence-electron chi connectivity index (χ2n) is 7.55. The molecule has 0 bridgehead atoms. The molecular weight excluding hydrogens is 290 g/mol. The molecule has 0 nitrogen and oxygen atoms in total. The van der Waals surface area contributed by atoms with Crippen LogP contribution in [-0.4, -0.2) is 0 Å². The predicted octanol–water partition coefficient (Wildman–Crippen LogP) is 6.40. The molecular formula is C21H28F2. The lowest BCUT2D eigenvalue weighted by Crippen LogP contribution is -2.30. The van der Waals surface area contributed by atoms with E-state index in [0.29, 0.717) is 18.3 Å². The molecule has 0 N–H and O–H groups in total. The zero-order chi connectivity index (χ0) is 16.4. The Bertz CT molecular complexity index is 540. The van der Waals surface area contributed by atoms with Crippen molar-refractivity contribution in [2.75, 3.05) is 0 Å². The summed E-state index contributed by atoms with van der Waals surface area (Å²) < 4.78 is 28.5. The third kappa shape index (κ3) is 3.51. The number of rotatable bonds is 4. The van der Waals surface area contributed by atoms with Crippen molar-refractivity contribution < 1.29 is 8.78 Å². The van der Waals surface area contributed by atoms with Crippen LogP contribution in [0.3, 0.4) is 0 Å². The van der Waals surface area contributed by atoms with E-state index >= 15 is 0 Å². The van der Waals surface area contributed by atoms with Gasteiger partial charge in [0.15, 0.2) is 0 Å². The number of allylic oxidation sites excluding steroid dienone is 1. The third-order valence-electron chi connectivity index (χ3n) is 6.12. The number of fused-ring (bicyclic) bond motifs is 1. The van der Waals surface area contributed by atoms with Crippen molar-refractivity contribution in [2.45, 2.75) is 64.2 Å². The Labute approximate surface area is 139 Å². The van der Waals surface area contributed by atoms with E-state index in [1.54, 1.807) is 12.1 Å². The average Bonchev–Trinajstić information content (AvgIpc) is 2.57. The van der Waals surface area contributed by atoms with Gasteiger partial charge in [-0.25, -0.2) is 8.78 Å². The molecule has 0 heterocycles. The van der Waals surface area contributed by atoms with Crippen molar-refractivity contribution in [3.8, 4) is 0 Å². The second-order valence-corrected chi connectivity index (χ2v) is 7.55. The van der Waals surface area contributed by atoms with E-state index in [1.165, 1.54) is 25.7 Å². The van der Waals surface area contributed by atoms with Crippen molar-refractivity contribution in [2.24, 2.45) is 17.8 Å². The van der Waals surface area contributed by atoms with Gasteiger partial charge in [-0.3, -0.25) is 0 Å². The topological polar surface area (TPSA) is 0 Å². The van der Waals surface area contributed by atoms with Crippen molar-refractivity contribution in [1.82, 2.24) is 0 Å². The summed E-state index contributed by atoms with van der Waals surface area (Å²) in [5.41, 5.74) is 1.14. The summed E-state index contributed by atoms with van der Waals surface area (Å²) in [4.78, 5) is 0. The van der Waals surface area contributed by atoms with Crippen LogP contribution in [0.25, 0.3) is 0 Å². The minimum atomic E-state index is -0.348. The van der Waals surface area contributed by atoms with Gasteiger partial charge in [0, 0.05) is 5.56 Å². The van der Waals surface area contributed by atoms with E-state index in [2.05, 4.69) is 12.7 Å². The molecule has 0 amide bonds. The van der Waals surface area contributed by atoms with E-state index in [-0.39, 0.29) is 17.2 Å². The van der Waals surface area contributed by atoms with Gasteiger partial charge in [-0.2, -0.15) is 0 Å². The highest BCUT2D eigenvalue weighted by Crippen LogP contribution is 2.48. The minimum Gasteiger partial charge on any atom is -0.207 e. The van der Waals surface area contributed by atoms with Crippen LogP contribution in [0.15, 0.2) is 24.8 Å². The van der Waals surface area contributed by atoms with Crippen molar-refractivity contribution >= 4 is 0 Å². The van der Waals surface area contributed by atoms with Gasteiger partial charge >= 0.3 is 0 Å². The van der Waals surface area contributed by atoms with Crippen LogP contribution in [0.1, 0.15) is 68.9 Å². The zero-order valence-electron chi connectivity index (χ0n) is 14.2. The Morgan fingerprint density at radius 1 is 1.04 bits per heavy atom. The van der Waals surface area contributed by atoms with Gasteiger partial charge < -0.3 is 0 Å². The summed E-state index contributed by atoms with van der Waals surface area (Å²) in [6.07, 6.45) is 10.5. The van der Waals surface area contributed by atoms with E-state index < -0.39 is 0 Å². The first-order valence-electron chi connectivity index (χ1n) is 9.22. The highest BCUT2D eigenvalue weighted by atomic mass is 19.1. The first kappa shape index (κ1) is 16.7. The van der Waals surface area contributed by atoms with Crippen molar-refractivity contribution in [3.63, 3.8) is 0 Å². The summed E-state index contributed by atoms with van der Waals surface area (Å²) in [6.45, 7) is 5.90. The fraction of sp³-hybridized carbons (Fsp3) is 0.619. The quantitative estimate of drug-likeness (QED) is 0.563. The van der Waals surface area contributed by atoms with Gasteiger partial charge in [0.1, 0.15) is 11.6 Å². The normalized spacial score (nSPS) is 30.7. The van der Waals surface area contributed by atoms with Crippen LogP contribution in [0.4, 0.5) is 8.78 Å². The molecule has 1 unspecified atom stereocenters. The molecule has 0 saturated heterocycles. The lowest BCUT2D eigenvalue weighted by atomic mass is 9.64. The third-order valence-corrected chi connectivity index (χ3v) is 6.12. The van der Waals surface area contributed by atoms with E-state index in [1.807, 2.05) is 6.92 Å². The molecule has 4 atom stereocenters. The molecule has 0 aliphatic heterocycles. The molecule has 2 saturated carbocycles. The molecule has 0 aromatic heterocycles. The molecule has 0 radical (unpaired) electrons. The van der Waals surface area contributed by atoms with Gasteiger partial charge in [0.2, 0.25) is 0 Å². The van der Waals surface area contributed by atoms with Crippen LogP contribution in [0.2, 0.25) is 0 Å². The summed E-state index contributed by atoms with van der Waals surface area (Å²) in [7, 11) is 0. The Morgan fingerprint density at radius 3 is 2.35 bits per heavy atom. The van der Waals surface area contributed by atoms with Gasteiger partial charge in [-0.15, -0.1) is 6.58 Å². The standard InChI is InChI=1S/C21H28F2/c1-3-5-19-20(22)12-18(13-21(19)23)17-9-8-15-10-14(4-2)6-7-16(15)11-17/h4,12-17H,2-3,5-11H2,1H3/t14-,15-,16-,17?/m1/s1. The highest BCUT2D eigenvalue weighted by molar-refractivity contribution is 5.29. The molecule has 2 heteroatoms. The first-order chi connectivity index (χ1) is 11.1. The van der Waals surface area contributed by atoms with Crippen LogP contribution >= 0.6 is 0 Å². The molecule has 3 rings (SSSR count). The van der Waals surface area contributed by atoms with Crippen molar-refractivity contribution in [3.05, 3.63) is 47.5 Å². The van der Waals surface area contributed by atoms with Crippen LogP contribution in [-0.2, 0) is 6.42 Å². The summed E-state index contributed by atoms with van der Waals surface area (Å²) in [5.74, 6) is 1.83. The lowest BCUT2D eigenvalue weighted by molar-refractivity contribution is 0.133. The Balaban J connectivity index is 1.73. The Kier molecular flexibility index (Phi) is 5.18.